The van der Waals surface area contributed by atoms with E-state index < -0.39 is 0 Å². The van der Waals surface area contributed by atoms with Crippen LogP contribution in [0.4, 0.5) is 0 Å². The number of hydrogen-bond acceptors (Lipinski definition) is 1. The van der Waals surface area contributed by atoms with E-state index in [9.17, 15) is 0 Å². The number of benzene rings is 1. The van der Waals surface area contributed by atoms with E-state index in [1.54, 1.807) is 0 Å². The lowest BCUT2D eigenvalue weighted by Crippen LogP contribution is -2.35. The van der Waals surface area contributed by atoms with Crippen LogP contribution in [0.2, 0.25) is 5.02 Å². The minimum absolute atomic E-state index is 0.131. The van der Waals surface area contributed by atoms with Crippen molar-refractivity contribution in [1.29, 1.82) is 0 Å². The summed E-state index contributed by atoms with van der Waals surface area (Å²) in [7, 11) is 0. The Morgan fingerprint density at radius 1 is 1.37 bits per heavy atom. The summed E-state index contributed by atoms with van der Waals surface area (Å²) in [4.78, 5) is 3.57. The molecule has 0 saturated heterocycles. The number of aromatic nitrogens is 1. The molecule has 1 aliphatic rings. The molecular formula is C16H20ClNO. The summed E-state index contributed by atoms with van der Waals surface area (Å²) < 4.78 is 6.18. The molecule has 1 N–H and O–H groups in total. The maximum Gasteiger partial charge on any atom is 0.108 e. The molecule has 2 heterocycles. The van der Waals surface area contributed by atoms with E-state index in [0.29, 0.717) is 0 Å². The number of ether oxygens (including phenoxy) is 1. The molecule has 0 saturated carbocycles. The van der Waals surface area contributed by atoms with E-state index in [1.165, 1.54) is 16.6 Å². The van der Waals surface area contributed by atoms with Gasteiger partial charge in [0.2, 0.25) is 0 Å². The van der Waals surface area contributed by atoms with Gasteiger partial charge in [0.25, 0.3) is 0 Å². The molecule has 0 amide bonds. The van der Waals surface area contributed by atoms with Crippen LogP contribution < -0.4 is 0 Å². The van der Waals surface area contributed by atoms with Gasteiger partial charge in [0.05, 0.1) is 12.3 Å². The van der Waals surface area contributed by atoms with Crippen molar-refractivity contribution in [3.05, 3.63) is 34.5 Å². The molecule has 19 heavy (non-hydrogen) atoms. The first-order valence-corrected chi connectivity index (χ1v) is 7.52. The largest absolute Gasteiger partial charge is 0.368 e. The number of aromatic amines is 1. The van der Waals surface area contributed by atoms with Crippen molar-refractivity contribution in [2.45, 2.75) is 45.1 Å². The van der Waals surface area contributed by atoms with Crippen LogP contribution in [0.3, 0.4) is 0 Å². The second kappa shape index (κ2) is 4.84. The van der Waals surface area contributed by atoms with Gasteiger partial charge in [0.1, 0.15) is 5.60 Å². The molecule has 1 aromatic carbocycles. The Morgan fingerprint density at radius 3 is 2.95 bits per heavy atom. The van der Waals surface area contributed by atoms with Crippen molar-refractivity contribution in [2.75, 3.05) is 6.61 Å². The predicted octanol–water partition coefficient (Wildman–Crippen LogP) is 4.80. The van der Waals surface area contributed by atoms with Crippen molar-refractivity contribution in [3.63, 3.8) is 0 Å². The van der Waals surface area contributed by atoms with Crippen molar-refractivity contribution in [1.82, 2.24) is 4.98 Å². The lowest BCUT2D eigenvalue weighted by molar-refractivity contribution is -0.0723. The highest BCUT2D eigenvalue weighted by Gasteiger charge is 2.37. The molecule has 3 rings (SSSR count). The van der Waals surface area contributed by atoms with E-state index >= 15 is 0 Å². The minimum Gasteiger partial charge on any atom is -0.368 e. The van der Waals surface area contributed by atoms with Crippen LogP contribution in [-0.4, -0.2) is 11.6 Å². The third-order valence-electron chi connectivity index (χ3n) is 4.28. The van der Waals surface area contributed by atoms with Crippen LogP contribution in [-0.2, 0) is 16.8 Å². The smallest absolute Gasteiger partial charge is 0.108 e. The van der Waals surface area contributed by atoms with Crippen LogP contribution in [0.5, 0.6) is 0 Å². The van der Waals surface area contributed by atoms with Crippen molar-refractivity contribution < 1.29 is 4.74 Å². The fourth-order valence-corrected chi connectivity index (χ4v) is 3.53. The number of hydrogen-bond donors (Lipinski definition) is 1. The zero-order valence-electron chi connectivity index (χ0n) is 11.6. The quantitative estimate of drug-likeness (QED) is 0.856. The summed E-state index contributed by atoms with van der Waals surface area (Å²) in [6, 6.07) is 6.12. The first-order valence-electron chi connectivity index (χ1n) is 7.14. The Balaban J connectivity index is 2.21. The van der Waals surface area contributed by atoms with Crippen LogP contribution >= 0.6 is 11.6 Å². The second-order valence-electron chi connectivity index (χ2n) is 5.36. The highest BCUT2D eigenvalue weighted by Crippen LogP contribution is 2.42. The molecule has 3 heteroatoms. The Morgan fingerprint density at radius 2 is 2.21 bits per heavy atom. The van der Waals surface area contributed by atoms with Gasteiger partial charge in [-0.15, -0.1) is 0 Å². The molecule has 2 aromatic rings. The molecule has 0 radical (unpaired) electrons. The molecule has 0 spiro atoms. The molecule has 0 aliphatic carbocycles. The van der Waals surface area contributed by atoms with Gasteiger partial charge < -0.3 is 9.72 Å². The third kappa shape index (κ3) is 1.98. The maximum absolute atomic E-state index is 6.18. The van der Waals surface area contributed by atoms with E-state index in [1.807, 2.05) is 12.1 Å². The van der Waals surface area contributed by atoms with Gasteiger partial charge in [-0.3, -0.25) is 0 Å². The minimum atomic E-state index is -0.131. The SMILES string of the molecule is CCCC1(CC)OCCc2c1[nH]c1cc(Cl)ccc21. The number of rotatable bonds is 3. The third-order valence-corrected chi connectivity index (χ3v) is 4.51. The van der Waals surface area contributed by atoms with Crippen molar-refractivity contribution in [3.8, 4) is 0 Å². The van der Waals surface area contributed by atoms with Crippen molar-refractivity contribution in [2.24, 2.45) is 0 Å². The summed E-state index contributed by atoms with van der Waals surface area (Å²) in [6.45, 7) is 5.24. The molecule has 0 fully saturated rings. The Kier molecular flexibility index (Phi) is 3.32. The maximum atomic E-state index is 6.18. The fraction of sp³-hybridized carbons (Fsp3) is 0.500. The van der Waals surface area contributed by atoms with Crippen LogP contribution in [0, 0.1) is 0 Å². The first kappa shape index (κ1) is 13.0. The second-order valence-corrected chi connectivity index (χ2v) is 5.80. The van der Waals surface area contributed by atoms with E-state index in [0.717, 1.165) is 42.8 Å². The molecule has 1 aliphatic heterocycles. The fourth-order valence-electron chi connectivity index (χ4n) is 3.35. The average molecular weight is 278 g/mol. The van der Waals surface area contributed by atoms with Gasteiger partial charge in [0.15, 0.2) is 0 Å². The standard InChI is InChI=1S/C16H20ClNO/c1-3-8-16(4-2)15-13(7-9-19-16)12-6-5-11(17)10-14(12)18-15/h5-6,10,18H,3-4,7-9H2,1-2H3. The zero-order chi connectivity index (χ0) is 13.5. The number of halogens is 1. The number of fused-ring (bicyclic) bond motifs is 3. The van der Waals surface area contributed by atoms with Gasteiger partial charge in [-0.1, -0.05) is 37.9 Å². The Hall–Kier alpha value is -0.990. The van der Waals surface area contributed by atoms with Gasteiger partial charge >= 0.3 is 0 Å². The highest BCUT2D eigenvalue weighted by molar-refractivity contribution is 6.31. The lowest BCUT2D eigenvalue weighted by Gasteiger charge is -2.36. The number of nitrogens with one attached hydrogen (secondary N) is 1. The Labute approximate surface area is 119 Å². The topological polar surface area (TPSA) is 25.0 Å². The highest BCUT2D eigenvalue weighted by atomic mass is 35.5. The molecule has 1 atom stereocenters. The number of H-pyrrole nitrogens is 1. The van der Waals surface area contributed by atoms with Gasteiger partial charge in [-0.2, -0.15) is 0 Å². The summed E-state index contributed by atoms with van der Waals surface area (Å²) in [6.07, 6.45) is 4.19. The van der Waals surface area contributed by atoms with Crippen LogP contribution in [0.25, 0.3) is 10.9 Å². The Bertz CT molecular complexity index is 604. The van der Waals surface area contributed by atoms with E-state index in [4.69, 9.17) is 16.3 Å². The molecule has 1 unspecified atom stereocenters. The lowest BCUT2D eigenvalue weighted by atomic mass is 9.85. The summed E-state index contributed by atoms with van der Waals surface area (Å²) in [5.41, 5.74) is 3.71. The normalized spacial score (nSPS) is 22.7. The summed E-state index contributed by atoms with van der Waals surface area (Å²) in [5.74, 6) is 0. The average Bonchev–Trinajstić information content (AvgIpc) is 2.78. The molecule has 0 bridgehead atoms. The first-order chi connectivity index (χ1) is 9.20. The summed E-state index contributed by atoms with van der Waals surface area (Å²) >= 11 is 6.10. The van der Waals surface area contributed by atoms with E-state index in [-0.39, 0.29) is 5.60 Å². The zero-order valence-corrected chi connectivity index (χ0v) is 12.3. The van der Waals surface area contributed by atoms with Crippen molar-refractivity contribution >= 4 is 22.5 Å². The van der Waals surface area contributed by atoms with Crippen LogP contribution in [0.1, 0.15) is 44.4 Å². The van der Waals surface area contributed by atoms with Gasteiger partial charge in [-0.05, 0) is 37.0 Å². The van der Waals surface area contributed by atoms with E-state index in [2.05, 4.69) is 24.9 Å². The molecule has 2 nitrogen and oxygen atoms in total. The molecule has 1 aromatic heterocycles. The van der Waals surface area contributed by atoms with Gasteiger partial charge in [-0.25, -0.2) is 0 Å². The monoisotopic (exact) mass is 277 g/mol. The predicted molar refractivity (Wildman–Crippen MR) is 79.8 cm³/mol. The van der Waals surface area contributed by atoms with Gasteiger partial charge in [0, 0.05) is 15.9 Å². The van der Waals surface area contributed by atoms with Crippen LogP contribution in [0.15, 0.2) is 18.2 Å². The molecule has 102 valence electrons. The summed E-state index contributed by atoms with van der Waals surface area (Å²) in [5, 5.41) is 2.08. The molecular weight excluding hydrogens is 258 g/mol.